The molecule has 0 bridgehead atoms. The van der Waals surface area contributed by atoms with E-state index in [9.17, 15) is 5.26 Å². The van der Waals surface area contributed by atoms with Crippen LogP contribution in [-0.2, 0) is 0 Å². The molecule has 1 aliphatic heterocycles. The van der Waals surface area contributed by atoms with E-state index in [-0.39, 0.29) is 0 Å². The molecule has 5 heterocycles. The largest absolute Gasteiger partial charge is 0.315 e. The topological polar surface area (TPSA) is 83.8 Å². The van der Waals surface area contributed by atoms with Crippen molar-refractivity contribution in [3.8, 4) is 17.3 Å². The average Bonchev–Trinajstić information content (AvgIpc) is 3.31. The van der Waals surface area contributed by atoms with Gasteiger partial charge in [-0.15, -0.1) is 0 Å². The fourth-order valence-corrected chi connectivity index (χ4v) is 3.65. The molecular weight excluding hydrogens is 326 g/mol. The van der Waals surface area contributed by atoms with Gasteiger partial charge in [0.1, 0.15) is 5.52 Å². The molecule has 0 saturated carbocycles. The van der Waals surface area contributed by atoms with Crippen molar-refractivity contribution in [2.24, 2.45) is 0 Å². The van der Waals surface area contributed by atoms with Gasteiger partial charge in [0, 0.05) is 24.3 Å². The zero-order valence-electron chi connectivity index (χ0n) is 14.1. The van der Waals surface area contributed by atoms with Gasteiger partial charge in [-0.1, -0.05) is 0 Å². The normalized spacial score (nSPS) is 17.6. The SMILES string of the molecule is N#Cc1ccn2ncc(-c3ccc4ncn(C5CCCNC5)c4n3)c2c1. The van der Waals surface area contributed by atoms with Crippen molar-refractivity contribution in [2.45, 2.75) is 18.9 Å². The second-order valence-corrected chi connectivity index (χ2v) is 6.61. The van der Waals surface area contributed by atoms with E-state index < -0.39 is 0 Å². The molecule has 1 unspecified atom stereocenters. The van der Waals surface area contributed by atoms with Gasteiger partial charge in [0.25, 0.3) is 0 Å². The highest BCUT2D eigenvalue weighted by Crippen LogP contribution is 2.27. The summed E-state index contributed by atoms with van der Waals surface area (Å²) in [6, 6.07) is 10.1. The minimum absolute atomic E-state index is 0.380. The fraction of sp³-hybridized carbons (Fsp3) is 0.263. The number of imidazole rings is 1. The lowest BCUT2D eigenvalue weighted by Crippen LogP contribution is -2.31. The van der Waals surface area contributed by atoms with Crippen LogP contribution in [0, 0.1) is 11.3 Å². The molecule has 7 heteroatoms. The molecule has 0 spiro atoms. The van der Waals surface area contributed by atoms with Crippen LogP contribution in [0.4, 0.5) is 0 Å². The smallest absolute Gasteiger partial charge is 0.160 e. The highest BCUT2D eigenvalue weighted by Gasteiger charge is 2.18. The summed E-state index contributed by atoms with van der Waals surface area (Å²) in [4.78, 5) is 9.41. The second kappa shape index (κ2) is 5.93. The molecule has 0 aliphatic carbocycles. The number of hydrogen-bond donors (Lipinski definition) is 1. The van der Waals surface area contributed by atoms with Crippen LogP contribution in [0.3, 0.4) is 0 Å². The maximum atomic E-state index is 9.18. The number of nitriles is 1. The molecule has 1 aliphatic rings. The molecule has 128 valence electrons. The first-order chi connectivity index (χ1) is 12.8. The van der Waals surface area contributed by atoms with E-state index in [0.29, 0.717) is 11.6 Å². The molecule has 1 fully saturated rings. The van der Waals surface area contributed by atoms with Crippen LogP contribution in [0.2, 0.25) is 0 Å². The highest BCUT2D eigenvalue weighted by atomic mass is 15.2. The van der Waals surface area contributed by atoms with Crippen molar-refractivity contribution in [1.82, 2.24) is 29.5 Å². The van der Waals surface area contributed by atoms with Crippen LogP contribution in [0.1, 0.15) is 24.4 Å². The van der Waals surface area contributed by atoms with Crippen molar-refractivity contribution in [1.29, 1.82) is 5.26 Å². The molecule has 1 atom stereocenters. The average molecular weight is 343 g/mol. The first-order valence-corrected chi connectivity index (χ1v) is 8.75. The van der Waals surface area contributed by atoms with E-state index in [2.05, 4.69) is 26.0 Å². The minimum Gasteiger partial charge on any atom is -0.315 e. The lowest BCUT2D eigenvalue weighted by atomic mass is 10.1. The molecule has 0 amide bonds. The number of fused-ring (bicyclic) bond motifs is 2. The van der Waals surface area contributed by atoms with Crippen LogP contribution in [-0.4, -0.2) is 37.2 Å². The van der Waals surface area contributed by atoms with E-state index in [0.717, 1.165) is 53.9 Å². The molecule has 1 N–H and O–H groups in total. The van der Waals surface area contributed by atoms with Crippen molar-refractivity contribution in [3.05, 3.63) is 48.5 Å². The lowest BCUT2D eigenvalue weighted by molar-refractivity contribution is 0.376. The van der Waals surface area contributed by atoms with Crippen molar-refractivity contribution < 1.29 is 0 Å². The maximum absolute atomic E-state index is 9.18. The van der Waals surface area contributed by atoms with Gasteiger partial charge in [-0.3, -0.25) is 0 Å². The van der Waals surface area contributed by atoms with E-state index in [1.807, 2.05) is 24.5 Å². The number of aromatic nitrogens is 5. The highest BCUT2D eigenvalue weighted by molar-refractivity contribution is 5.82. The fourth-order valence-electron chi connectivity index (χ4n) is 3.65. The number of piperidine rings is 1. The Morgan fingerprint density at radius 1 is 1.27 bits per heavy atom. The third-order valence-corrected chi connectivity index (χ3v) is 5.01. The van der Waals surface area contributed by atoms with Gasteiger partial charge in [-0.25, -0.2) is 14.5 Å². The van der Waals surface area contributed by atoms with Crippen LogP contribution >= 0.6 is 0 Å². The molecule has 5 rings (SSSR count). The molecule has 7 nitrogen and oxygen atoms in total. The summed E-state index contributed by atoms with van der Waals surface area (Å²) in [5.74, 6) is 0. The number of rotatable bonds is 2. The van der Waals surface area contributed by atoms with E-state index in [1.54, 1.807) is 23.0 Å². The van der Waals surface area contributed by atoms with E-state index >= 15 is 0 Å². The molecule has 4 aromatic heterocycles. The Morgan fingerprint density at radius 2 is 2.23 bits per heavy atom. The van der Waals surface area contributed by atoms with Crippen molar-refractivity contribution >= 4 is 16.7 Å². The van der Waals surface area contributed by atoms with Crippen LogP contribution in [0.5, 0.6) is 0 Å². The van der Waals surface area contributed by atoms with Gasteiger partial charge in [0.2, 0.25) is 0 Å². The Kier molecular flexibility index (Phi) is 3.43. The zero-order valence-corrected chi connectivity index (χ0v) is 14.1. The Balaban J connectivity index is 1.65. The predicted molar refractivity (Wildman–Crippen MR) is 97.6 cm³/mol. The predicted octanol–water partition coefficient (Wildman–Crippen LogP) is 2.54. The van der Waals surface area contributed by atoms with Gasteiger partial charge >= 0.3 is 0 Å². The Hall–Kier alpha value is -3.24. The van der Waals surface area contributed by atoms with Gasteiger partial charge in [0.05, 0.1) is 35.4 Å². The van der Waals surface area contributed by atoms with Gasteiger partial charge in [-0.05, 0) is 43.7 Å². The van der Waals surface area contributed by atoms with Gasteiger partial charge in [0.15, 0.2) is 5.65 Å². The molecule has 0 radical (unpaired) electrons. The lowest BCUT2D eigenvalue weighted by Gasteiger charge is -2.24. The Labute approximate surface area is 149 Å². The van der Waals surface area contributed by atoms with Crippen LogP contribution < -0.4 is 5.32 Å². The number of pyridine rings is 2. The summed E-state index contributed by atoms with van der Waals surface area (Å²) in [6.07, 6.45) is 7.78. The summed E-state index contributed by atoms with van der Waals surface area (Å²) < 4.78 is 3.95. The third-order valence-electron chi connectivity index (χ3n) is 5.01. The summed E-state index contributed by atoms with van der Waals surface area (Å²) >= 11 is 0. The van der Waals surface area contributed by atoms with E-state index in [1.165, 1.54) is 0 Å². The molecular formula is C19H17N7. The number of nitrogens with one attached hydrogen (secondary N) is 1. The van der Waals surface area contributed by atoms with E-state index in [4.69, 9.17) is 4.98 Å². The summed E-state index contributed by atoms with van der Waals surface area (Å²) in [5.41, 5.74) is 5.03. The molecule has 0 aromatic carbocycles. The summed E-state index contributed by atoms with van der Waals surface area (Å²) in [6.45, 7) is 2.02. The minimum atomic E-state index is 0.380. The van der Waals surface area contributed by atoms with Gasteiger partial charge < -0.3 is 9.88 Å². The number of hydrogen-bond acceptors (Lipinski definition) is 5. The maximum Gasteiger partial charge on any atom is 0.160 e. The molecule has 1 saturated heterocycles. The number of nitrogens with zero attached hydrogens (tertiary/aromatic N) is 6. The van der Waals surface area contributed by atoms with Crippen molar-refractivity contribution in [3.63, 3.8) is 0 Å². The van der Waals surface area contributed by atoms with Crippen LogP contribution in [0.25, 0.3) is 27.9 Å². The first-order valence-electron chi connectivity index (χ1n) is 8.75. The first kappa shape index (κ1) is 15.0. The molecule has 4 aromatic rings. The Morgan fingerprint density at radius 3 is 3.08 bits per heavy atom. The third kappa shape index (κ3) is 2.35. The van der Waals surface area contributed by atoms with Crippen LogP contribution in [0.15, 0.2) is 43.0 Å². The monoisotopic (exact) mass is 343 g/mol. The van der Waals surface area contributed by atoms with Crippen molar-refractivity contribution in [2.75, 3.05) is 13.1 Å². The standard InChI is InChI=1S/C19H17N7/c20-9-13-5-7-26-18(8-13)15(11-23-26)16-3-4-17-19(24-16)25(12-22-17)14-2-1-6-21-10-14/h3-5,7-8,11-12,14,21H,1-2,6,10H2. The van der Waals surface area contributed by atoms with Gasteiger partial charge in [-0.2, -0.15) is 10.4 Å². The zero-order chi connectivity index (χ0) is 17.5. The molecule has 26 heavy (non-hydrogen) atoms. The summed E-state index contributed by atoms with van der Waals surface area (Å²) in [7, 11) is 0. The quantitative estimate of drug-likeness (QED) is 0.605. The summed E-state index contributed by atoms with van der Waals surface area (Å²) in [5, 5.41) is 17.0. The Bertz CT molecular complexity index is 1140. The second-order valence-electron chi connectivity index (χ2n) is 6.61.